The lowest BCUT2D eigenvalue weighted by molar-refractivity contribution is 0.0792. The summed E-state index contributed by atoms with van der Waals surface area (Å²) in [5.74, 6) is 1.66. The predicted octanol–water partition coefficient (Wildman–Crippen LogP) is 2.83. The molecule has 1 saturated heterocycles. The summed E-state index contributed by atoms with van der Waals surface area (Å²) in [6, 6.07) is 6.20. The fraction of sp³-hybridized carbons (Fsp3) is 0.647. The van der Waals surface area contributed by atoms with Crippen molar-refractivity contribution in [3.8, 4) is 11.5 Å². The van der Waals surface area contributed by atoms with Gasteiger partial charge in [0.1, 0.15) is 0 Å². The minimum absolute atomic E-state index is 0.120. The lowest BCUT2D eigenvalue weighted by Crippen LogP contribution is -2.35. The van der Waals surface area contributed by atoms with Gasteiger partial charge in [-0.3, -0.25) is 4.90 Å². The SMILES string of the molecule is CCCOc1ccc(CN2CCC(O)CC2)cc1OCC. The molecule has 4 nitrogen and oxygen atoms in total. The molecular formula is C17H27NO3. The summed E-state index contributed by atoms with van der Waals surface area (Å²) in [7, 11) is 0. The van der Waals surface area contributed by atoms with Crippen LogP contribution in [-0.4, -0.2) is 42.4 Å². The van der Waals surface area contributed by atoms with Gasteiger partial charge in [-0.05, 0) is 43.9 Å². The van der Waals surface area contributed by atoms with E-state index >= 15 is 0 Å². The first kappa shape index (κ1) is 16.1. The molecule has 2 rings (SSSR count). The van der Waals surface area contributed by atoms with Crippen LogP contribution >= 0.6 is 0 Å². The van der Waals surface area contributed by atoms with Gasteiger partial charge in [0.15, 0.2) is 11.5 Å². The van der Waals surface area contributed by atoms with Crippen molar-refractivity contribution < 1.29 is 14.6 Å². The summed E-state index contributed by atoms with van der Waals surface area (Å²) >= 11 is 0. The second-order valence-corrected chi connectivity index (χ2v) is 5.57. The molecule has 1 fully saturated rings. The second-order valence-electron chi connectivity index (χ2n) is 5.57. The largest absolute Gasteiger partial charge is 0.490 e. The number of ether oxygens (including phenoxy) is 2. The van der Waals surface area contributed by atoms with Gasteiger partial charge in [-0.1, -0.05) is 13.0 Å². The molecule has 1 heterocycles. The lowest BCUT2D eigenvalue weighted by Gasteiger charge is -2.29. The Kier molecular flexibility index (Phi) is 6.33. The predicted molar refractivity (Wildman–Crippen MR) is 83.9 cm³/mol. The highest BCUT2D eigenvalue weighted by molar-refractivity contribution is 5.43. The fourth-order valence-corrected chi connectivity index (χ4v) is 2.59. The van der Waals surface area contributed by atoms with Gasteiger partial charge in [0.05, 0.1) is 19.3 Å². The second kappa shape index (κ2) is 8.25. The van der Waals surface area contributed by atoms with Crippen molar-refractivity contribution in [1.29, 1.82) is 0 Å². The Bertz CT molecular complexity index is 428. The fourth-order valence-electron chi connectivity index (χ4n) is 2.59. The molecule has 0 aromatic heterocycles. The van der Waals surface area contributed by atoms with Crippen LogP contribution in [0.1, 0.15) is 38.7 Å². The number of aliphatic hydroxyl groups is 1. The number of hydrogen-bond acceptors (Lipinski definition) is 4. The number of piperidine rings is 1. The summed E-state index contributed by atoms with van der Waals surface area (Å²) in [5, 5.41) is 9.56. The third-order valence-electron chi connectivity index (χ3n) is 3.73. The van der Waals surface area contributed by atoms with Gasteiger partial charge in [-0.2, -0.15) is 0 Å². The lowest BCUT2D eigenvalue weighted by atomic mass is 10.1. The summed E-state index contributed by atoms with van der Waals surface area (Å²) in [6.45, 7) is 8.26. The van der Waals surface area contributed by atoms with E-state index in [-0.39, 0.29) is 6.10 Å². The molecule has 0 bridgehead atoms. The van der Waals surface area contributed by atoms with Gasteiger partial charge in [0, 0.05) is 19.6 Å². The van der Waals surface area contributed by atoms with E-state index < -0.39 is 0 Å². The number of hydrogen-bond donors (Lipinski definition) is 1. The summed E-state index contributed by atoms with van der Waals surface area (Å²) in [4.78, 5) is 2.38. The van der Waals surface area contributed by atoms with E-state index in [9.17, 15) is 5.11 Å². The molecule has 21 heavy (non-hydrogen) atoms. The number of nitrogens with zero attached hydrogens (tertiary/aromatic N) is 1. The molecule has 1 aromatic carbocycles. The van der Waals surface area contributed by atoms with E-state index in [2.05, 4.69) is 24.0 Å². The average molecular weight is 293 g/mol. The molecule has 1 aliphatic heterocycles. The first-order valence-electron chi connectivity index (χ1n) is 8.01. The minimum Gasteiger partial charge on any atom is -0.490 e. The van der Waals surface area contributed by atoms with Crippen molar-refractivity contribution in [1.82, 2.24) is 4.90 Å². The van der Waals surface area contributed by atoms with E-state index in [1.165, 1.54) is 5.56 Å². The molecule has 0 radical (unpaired) electrons. The molecular weight excluding hydrogens is 266 g/mol. The average Bonchev–Trinajstić information content (AvgIpc) is 2.49. The monoisotopic (exact) mass is 293 g/mol. The summed E-state index contributed by atoms with van der Waals surface area (Å²) in [6.07, 6.45) is 2.61. The van der Waals surface area contributed by atoms with Gasteiger partial charge in [0.2, 0.25) is 0 Å². The van der Waals surface area contributed by atoms with Crippen LogP contribution in [0.4, 0.5) is 0 Å². The number of benzene rings is 1. The van der Waals surface area contributed by atoms with Crippen LogP contribution in [0.5, 0.6) is 11.5 Å². The maximum absolute atomic E-state index is 9.56. The molecule has 0 aliphatic carbocycles. The molecule has 0 spiro atoms. The third kappa shape index (κ3) is 4.90. The molecule has 0 unspecified atom stereocenters. The van der Waals surface area contributed by atoms with Crippen molar-refractivity contribution in [2.45, 2.75) is 45.8 Å². The van der Waals surface area contributed by atoms with Crippen LogP contribution in [-0.2, 0) is 6.54 Å². The van der Waals surface area contributed by atoms with E-state index in [0.29, 0.717) is 13.2 Å². The maximum Gasteiger partial charge on any atom is 0.161 e. The first-order chi connectivity index (χ1) is 10.2. The van der Waals surface area contributed by atoms with Crippen LogP contribution in [0.3, 0.4) is 0 Å². The van der Waals surface area contributed by atoms with Gasteiger partial charge >= 0.3 is 0 Å². The zero-order valence-corrected chi connectivity index (χ0v) is 13.2. The van der Waals surface area contributed by atoms with Crippen LogP contribution in [0.25, 0.3) is 0 Å². The number of likely N-dealkylation sites (tertiary alicyclic amines) is 1. The van der Waals surface area contributed by atoms with Crippen LogP contribution in [0.15, 0.2) is 18.2 Å². The molecule has 118 valence electrons. The van der Waals surface area contributed by atoms with E-state index in [1.807, 2.05) is 13.0 Å². The maximum atomic E-state index is 9.56. The van der Waals surface area contributed by atoms with Gasteiger partial charge in [0.25, 0.3) is 0 Å². The van der Waals surface area contributed by atoms with E-state index in [1.54, 1.807) is 0 Å². The van der Waals surface area contributed by atoms with Gasteiger partial charge < -0.3 is 14.6 Å². The van der Waals surface area contributed by atoms with Gasteiger partial charge in [-0.25, -0.2) is 0 Å². The minimum atomic E-state index is -0.120. The molecule has 0 amide bonds. The Morgan fingerprint density at radius 2 is 1.90 bits per heavy atom. The summed E-state index contributed by atoms with van der Waals surface area (Å²) in [5.41, 5.74) is 1.23. The van der Waals surface area contributed by atoms with Crippen LogP contribution in [0, 0.1) is 0 Å². The van der Waals surface area contributed by atoms with E-state index in [4.69, 9.17) is 9.47 Å². The molecule has 0 saturated carbocycles. The van der Waals surface area contributed by atoms with Crippen LogP contribution < -0.4 is 9.47 Å². The topological polar surface area (TPSA) is 41.9 Å². The highest BCUT2D eigenvalue weighted by atomic mass is 16.5. The standard InChI is InChI=1S/C17H27NO3/c1-3-11-21-16-6-5-14(12-17(16)20-4-2)13-18-9-7-15(19)8-10-18/h5-6,12,15,19H,3-4,7-11,13H2,1-2H3. The quantitative estimate of drug-likeness (QED) is 0.839. The number of aliphatic hydroxyl groups excluding tert-OH is 1. The third-order valence-corrected chi connectivity index (χ3v) is 3.73. The molecule has 1 aliphatic rings. The smallest absolute Gasteiger partial charge is 0.161 e. The van der Waals surface area contributed by atoms with E-state index in [0.717, 1.165) is 50.4 Å². The number of rotatable bonds is 7. The van der Waals surface area contributed by atoms with Crippen molar-refractivity contribution >= 4 is 0 Å². The van der Waals surface area contributed by atoms with Crippen molar-refractivity contribution in [3.05, 3.63) is 23.8 Å². The summed E-state index contributed by atoms with van der Waals surface area (Å²) < 4.78 is 11.4. The highest BCUT2D eigenvalue weighted by Crippen LogP contribution is 2.29. The Morgan fingerprint density at radius 1 is 1.14 bits per heavy atom. The van der Waals surface area contributed by atoms with Crippen LogP contribution in [0.2, 0.25) is 0 Å². The zero-order valence-electron chi connectivity index (χ0n) is 13.2. The first-order valence-corrected chi connectivity index (χ1v) is 8.01. The van der Waals surface area contributed by atoms with Gasteiger partial charge in [-0.15, -0.1) is 0 Å². The van der Waals surface area contributed by atoms with Crippen molar-refractivity contribution in [2.24, 2.45) is 0 Å². The highest BCUT2D eigenvalue weighted by Gasteiger charge is 2.17. The Morgan fingerprint density at radius 3 is 2.57 bits per heavy atom. The molecule has 1 aromatic rings. The molecule has 4 heteroatoms. The Balaban J connectivity index is 2.01. The zero-order chi connectivity index (χ0) is 15.1. The van der Waals surface area contributed by atoms with Crippen molar-refractivity contribution in [2.75, 3.05) is 26.3 Å². The normalized spacial score (nSPS) is 16.9. The van der Waals surface area contributed by atoms with Crippen molar-refractivity contribution in [3.63, 3.8) is 0 Å². The molecule has 0 atom stereocenters. The Hall–Kier alpha value is -1.26. The molecule has 1 N–H and O–H groups in total. The Labute approximate surface area is 127 Å².